The fourth-order valence-electron chi connectivity index (χ4n) is 2.71. The zero-order valence-electron chi connectivity index (χ0n) is 14.5. The van der Waals surface area contributed by atoms with Gasteiger partial charge in [0.1, 0.15) is 11.2 Å². The molecule has 0 aliphatic carbocycles. The molecule has 0 bridgehead atoms. The number of aromatic nitrogens is 2. The molecule has 1 aromatic carbocycles. The van der Waals surface area contributed by atoms with Crippen molar-refractivity contribution in [3.8, 4) is 5.82 Å². The average Bonchev–Trinajstić information content (AvgIpc) is 2.67. The van der Waals surface area contributed by atoms with Crippen LogP contribution in [0.4, 0.5) is 33.5 Å². The summed E-state index contributed by atoms with van der Waals surface area (Å²) >= 11 is 0. The number of nitrogens with zero attached hydrogens (tertiary/aromatic N) is 2. The maximum atomic E-state index is 14.7. The van der Waals surface area contributed by atoms with E-state index in [-0.39, 0.29) is 12.7 Å². The van der Waals surface area contributed by atoms with Gasteiger partial charge in [-0.2, -0.15) is 0 Å². The number of hydrogen-bond acceptors (Lipinski definition) is 6. The van der Waals surface area contributed by atoms with Gasteiger partial charge in [0.15, 0.2) is 46.2 Å². The molecule has 12 heteroatoms. The number of carbonyl (C=O) groups is 1. The van der Waals surface area contributed by atoms with Gasteiger partial charge in [0, 0.05) is 12.1 Å². The lowest BCUT2D eigenvalue weighted by molar-refractivity contribution is 0.0516. The van der Waals surface area contributed by atoms with Gasteiger partial charge in [-0.25, -0.2) is 31.7 Å². The number of halogens is 5. The third kappa shape index (κ3) is 3.02. The van der Waals surface area contributed by atoms with Gasteiger partial charge in [0.25, 0.3) is 0 Å². The Morgan fingerprint density at radius 1 is 1.07 bits per heavy atom. The van der Waals surface area contributed by atoms with Crippen LogP contribution < -0.4 is 16.9 Å². The Kier molecular flexibility index (Phi) is 4.86. The summed E-state index contributed by atoms with van der Waals surface area (Å²) in [5.41, 5.74) is 6.56. The van der Waals surface area contributed by atoms with Crippen molar-refractivity contribution in [3.63, 3.8) is 0 Å². The zero-order chi connectivity index (χ0) is 21.6. The molecule has 29 heavy (non-hydrogen) atoms. The molecule has 0 atom stereocenters. The van der Waals surface area contributed by atoms with E-state index in [9.17, 15) is 31.5 Å². The van der Waals surface area contributed by atoms with Crippen LogP contribution in [0.15, 0.2) is 16.9 Å². The molecule has 0 aliphatic heterocycles. The van der Waals surface area contributed by atoms with E-state index in [1.54, 1.807) is 0 Å². The number of anilines is 2. The molecular formula is C17H11F5N4O3. The fourth-order valence-corrected chi connectivity index (χ4v) is 2.71. The molecule has 3 aromatic rings. The first kappa shape index (κ1) is 20.0. The summed E-state index contributed by atoms with van der Waals surface area (Å²) < 4.78 is 75.6. The number of hydrogen-bond donors (Lipinski definition) is 2. The van der Waals surface area contributed by atoms with E-state index in [1.807, 2.05) is 0 Å². The van der Waals surface area contributed by atoms with Crippen LogP contribution in [0.2, 0.25) is 0 Å². The molecule has 0 saturated heterocycles. The van der Waals surface area contributed by atoms with Gasteiger partial charge in [-0.05, 0) is 6.92 Å². The number of rotatable bonds is 3. The SMILES string of the molecule is CCOC(=O)c1cc(=O)c2c(N)c(F)c(F)c(F)c2n1-c1nc(N)c(F)cc1F. The van der Waals surface area contributed by atoms with Crippen molar-refractivity contribution < 1.29 is 31.5 Å². The molecule has 4 N–H and O–H groups in total. The van der Waals surface area contributed by atoms with E-state index in [2.05, 4.69) is 4.98 Å². The maximum absolute atomic E-state index is 14.7. The first-order valence-corrected chi connectivity index (χ1v) is 7.90. The van der Waals surface area contributed by atoms with Gasteiger partial charge < -0.3 is 16.2 Å². The molecule has 152 valence electrons. The Morgan fingerprint density at radius 3 is 2.34 bits per heavy atom. The Balaban J connectivity index is 2.64. The number of ether oxygens (including phenoxy) is 1. The predicted molar refractivity (Wildman–Crippen MR) is 91.9 cm³/mol. The summed E-state index contributed by atoms with van der Waals surface area (Å²) in [5.74, 6) is -11.7. The van der Waals surface area contributed by atoms with E-state index < -0.39 is 74.4 Å². The van der Waals surface area contributed by atoms with Gasteiger partial charge >= 0.3 is 5.97 Å². The van der Waals surface area contributed by atoms with Crippen molar-refractivity contribution in [2.45, 2.75) is 6.92 Å². The number of nitrogen functional groups attached to an aromatic ring is 2. The monoisotopic (exact) mass is 414 g/mol. The second-order valence-electron chi connectivity index (χ2n) is 5.69. The minimum atomic E-state index is -2.08. The summed E-state index contributed by atoms with van der Waals surface area (Å²) in [6.45, 7) is 1.21. The summed E-state index contributed by atoms with van der Waals surface area (Å²) in [5, 5.41) is -0.890. The van der Waals surface area contributed by atoms with E-state index in [4.69, 9.17) is 16.2 Å². The molecule has 0 unspecified atom stereocenters. The van der Waals surface area contributed by atoms with Crippen LogP contribution in [0.5, 0.6) is 0 Å². The summed E-state index contributed by atoms with van der Waals surface area (Å²) in [4.78, 5) is 28.1. The van der Waals surface area contributed by atoms with Crippen molar-refractivity contribution in [2.75, 3.05) is 18.1 Å². The molecule has 7 nitrogen and oxygen atoms in total. The van der Waals surface area contributed by atoms with Crippen LogP contribution in [0, 0.1) is 29.1 Å². The first-order valence-electron chi connectivity index (χ1n) is 7.90. The third-order valence-electron chi connectivity index (χ3n) is 3.95. The standard InChI is InChI=1S/C17H11F5N4O3/c1-2-29-17(28)7-4-8(27)9-13(23)11(21)10(20)12(22)14(9)26(7)16-6(19)3-5(18)15(24)25-16/h3-4H,2,23H2,1H3,(H2,24,25). The predicted octanol–water partition coefficient (Wildman–Crippen LogP) is 2.42. The molecule has 0 spiro atoms. The number of esters is 1. The van der Waals surface area contributed by atoms with Crippen molar-refractivity contribution in [3.05, 3.63) is 57.1 Å². The molecular weight excluding hydrogens is 403 g/mol. The minimum Gasteiger partial charge on any atom is -0.461 e. The van der Waals surface area contributed by atoms with Gasteiger partial charge in [-0.15, -0.1) is 0 Å². The van der Waals surface area contributed by atoms with Crippen molar-refractivity contribution in [2.24, 2.45) is 0 Å². The molecule has 0 aliphatic rings. The Hall–Kier alpha value is -3.70. The fraction of sp³-hybridized carbons (Fsp3) is 0.118. The quantitative estimate of drug-likeness (QED) is 0.295. The molecule has 2 heterocycles. The van der Waals surface area contributed by atoms with Crippen molar-refractivity contribution >= 4 is 28.4 Å². The highest BCUT2D eigenvalue weighted by Gasteiger charge is 2.29. The lowest BCUT2D eigenvalue weighted by Crippen LogP contribution is -2.23. The van der Waals surface area contributed by atoms with Crippen LogP contribution in [0.25, 0.3) is 16.7 Å². The summed E-state index contributed by atoms with van der Waals surface area (Å²) in [6.07, 6.45) is 0. The van der Waals surface area contributed by atoms with Gasteiger partial charge in [-0.1, -0.05) is 0 Å². The van der Waals surface area contributed by atoms with Crippen LogP contribution in [-0.2, 0) is 4.74 Å². The Labute approximate surface area is 158 Å². The van der Waals surface area contributed by atoms with E-state index in [1.165, 1.54) is 6.92 Å². The maximum Gasteiger partial charge on any atom is 0.355 e. The molecule has 0 saturated carbocycles. The van der Waals surface area contributed by atoms with Gasteiger partial charge in [0.2, 0.25) is 0 Å². The highest BCUT2D eigenvalue weighted by Crippen LogP contribution is 2.31. The van der Waals surface area contributed by atoms with Gasteiger partial charge in [-0.3, -0.25) is 9.36 Å². The number of carbonyl (C=O) groups excluding carboxylic acids is 1. The topological polar surface area (TPSA) is 113 Å². The smallest absolute Gasteiger partial charge is 0.355 e. The summed E-state index contributed by atoms with van der Waals surface area (Å²) in [6, 6.07) is 0.825. The molecule has 2 aromatic heterocycles. The molecule has 0 fully saturated rings. The highest BCUT2D eigenvalue weighted by molar-refractivity contribution is 5.97. The van der Waals surface area contributed by atoms with E-state index >= 15 is 0 Å². The first-order chi connectivity index (χ1) is 13.6. The van der Waals surface area contributed by atoms with Crippen LogP contribution in [0.1, 0.15) is 17.4 Å². The normalized spacial score (nSPS) is 11.1. The van der Waals surface area contributed by atoms with Crippen LogP contribution in [-0.4, -0.2) is 22.1 Å². The van der Waals surface area contributed by atoms with Crippen molar-refractivity contribution in [1.82, 2.24) is 9.55 Å². The lowest BCUT2D eigenvalue weighted by Gasteiger charge is -2.18. The largest absolute Gasteiger partial charge is 0.461 e. The Morgan fingerprint density at radius 2 is 1.72 bits per heavy atom. The second kappa shape index (κ2) is 7.04. The second-order valence-corrected chi connectivity index (χ2v) is 5.69. The lowest BCUT2D eigenvalue weighted by atomic mass is 10.1. The van der Waals surface area contributed by atoms with E-state index in [0.717, 1.165) is 0 Å². The summed E-state index contributed by atoms with van der Waals surface area (Å²) in [7, 11) is 0. The van der Waals surface area contributed by atoms with Crippen molar-refractivity contribution in [1.29, 1.82) is 0 Å². The average molecular weight is 414 g/mol. The highest BCUT2D eigenvalue weighted by atomic mass is 19.2. The number of fused-ring (bicyclic) bond motifs is 1. The van der Waals surface area contributed by atoms with Gasteiger partial charge in [0.05, 0.1) is 17.7 Å². The molecule has 0 radical (unpaired) electrons. The molecule has 0 amide bonds. The third-order valence-corrected chi connectivity index (χ3v) is 3.95. The number of benzene rings is 1. The van der Waals surface area contributed by atoms with E-state index in [0.29, 0.717) is 10.6 Å². The Bertz CT molecular complexity index is 1240. The number of pyridine rings is 2. The number of nitrogens with two attached hydrogens (primary N) is 2. The zero-order valence-corrected chi connectivity index (χ0v) is 14.5. The van der Waals surface area contributed by atoms with Crippen LogP contribution >= 0.6 is 0 Å². The molecule has 3 rings (SSSR count). The minimum absolute atomic E-state index is 0.199. The van der Waals surface area contributed by atoms with Crippen LogP contribution in [0.3, 0.4) is 0 Å².